The monoisotopic (exact) mass is 317 g/mol. The predicted molar refractivity (Wildman–Crippen MR) is 77.6 cm³/mol. The third kappa shape index (κ3) is 5.36. The lowest BCUT2D eigenvalue weighted by Crippen LogP contribution is -2.11. The molecule has 0 aliphatic heterocycles. The van der Waals surface area contributed by atoms with Crippen LogP contribution < -0.4 is 5.32 Å². The number of hydrogen-bond donors (Lipinski definition) is 1. The molecule has 0 bridgehead atoms. The van der Waals surface area contributed by atoms with Crippen molar-refractivity contribution in [2.45, 2.75) is 27.2 Å². The number of anilines is 1. The van der Waals surface area contributed by atoms with Crippen molar-refractivity contribution in [2.24, 2.45) is 5.92 Å². The van der Waals surface area contributed by atoms with Crippen LogP contribution >= 0.6 is 15.9 Å². The van der Waals surface area contributed by atoms with Crippen LogP contribution in [0.2, 0.25) is 0 Å². The maximum atomic E-state index is 13.4. The summed E-state index contributed by atoms with van der Waals surface area (Å²) in [5.74, 6) is 0.421. The fourth-order valence-corrected chi connectivity index (χ4v) is 1.97. The third-order valence-corrected chi connectivity index (χ3v) is 3.28. The van der Waals surface area contributed by atoms with Gasteiger partial charge in [0.1, 0.15) is 5.82 Å². The van der Waals surface area contributed by atoms with Crippen molar-refractivity contribution in [1.29, 1.82) is 0 Å². The summed E-state index contributed by atoms with van der Waals surface area (Å²) in [6.07, 6.45) is 1.08. The van der Waals surface area contributed by atoms with Gasteiger partial charge in [-0.1, -0.05) is 13.8 Å². The highest BCUT2D eigenvalue weighted by molar-refractivity contribution is 9.10. The van der Waals surface area contributed by atoms with Crippen LogP contribution in [0, 0.1) is 18.7 Å². The second-order valence-electron chi connectivity index (χ2n) is 4.80. The Hall–Kier alpha value is -0.610. The van der Waals surface area contributed by atoms with E-state index in [0.717, 1.165) is 24.3 Å². The first kappa shape index (κ1) is 15.4. The fraction of sp³-hybridized carbons (Fsp3) is 0.571. The minimum atomic E-state index is -0.246. The van der Waals surface area contributed by atoms with Gasteiger partial charge in [0.15, 0.2) is 0 Å². The summed E-state index contributed by atoms with van der Waals surface area (Å²) in [4.78, 5) is 0. The molecule has 1 aromatic rings. The second kappa shape index (κ2) is 7.74. The summed E-state index contributed by atoms with van der Waals surface area (Å²) in [6.45, 7) is 8.42. The molecule has 102 valence electrons. The van der Waals surface area contributed by atoms with Crippen molar-refractivity contribution in [3.8, 4) is 0 Å². The molecule has 0 spiro atoms. The fourth-order valence-electron chi connectivity index (χ4n) is 1.52. The summed E-state index contributed by atoms with van der Waals surface area (Å²) in [7, 11) is 0. The van der Waals surface area contributed by atoms with Gasteiger partial charge in [-0.05, 0) is 52.9 Å². The number of nitrogens with one attached hydrogen (secondary N) is 1. The molecular formula is C14H21BrFNO. The SMILES string of the molecule is Cc1cc(Br)c(F)cc1NCCOCCC(C)C. The standard InChI is InChI=1S/C14H21BrFNO/c1-10(2)4-6-18-7-5-17-14-9-13(16)12(15)8-11(14)3/h8-10,17H,4-7H2,1-3H3. The van der Waals surface area contributed by atoms with Crippen molar-refractivity contribution in [3.63, 3.8) is 0 Å². The second-order valence-corrected chi connectivity index (χ2v) is 5.66. The van der Waals surface area contributed by atoms with E-state index in [9.17, 15) is 4.39 Å². The Morgan fingerprint density at radius 1 is 1.33 bits per heavy atom. The molecule has 2 nitrogen and oxygen atoms in total. The maximum absolute atomic E-state index is 13.4. The first-order valence-electron chi connectivity index (χ1n) is 6.28. The molecule has 0 saturated heterocycles. The Morgan fingerprint density at radius 3 is 2.72 bits per heavy atom. The Balaban J connectivity index is 2.29. The van der Waals surface area contributed by atoms with E-state index in [2.05, 4.69) is 35.1 Å². The number of hydrogen-bond acceptors (Lipinski definition) is 2. The number of aryl methyl sites for hydroxylation is 1. The summed E-state index contributed by atoms with van der Waals surface area (Å²) in [5, 5.41) is 3.18. The van der Waals surface area contributed by atoms with Gasteiger partial charge in [-0.15, -0.1) is 0 Å². The summed E-state index contributed by atoms with van der Waals surface area (Å²) >= 11 is 3.17. The van der Waals surface area contributed by atoms with Crippen LogP contribution in [-0.4, -0.2) is 19.8 Å². The molecule has 18 heavy (non-hydrogen) atoms. The van der Waals surface area contributed by atoms with Crippen LogP contribution in [0.1, 0.15) is 25.8 Å². The highest BCUT2D eigenvalue weighted by Crippen LogP contribution is 2.23. The summed E-state index contributed by atoms with van der Waals surface area (Å²) < 4.78 is 19.4. The molecular weight excluding hydrogens is 297 g/mol. The Labute approximate surface area is 117 Å². The van der Waals surface area contributed by atoms with Crippen LogP contribution in [0.5, 0.6) is 0 Å². The van der Waals surface area contributed by atoms with Gasteiger partial charge in [-0.3, -0.25) is 0 Å². The molecule has 1 rings (SSSR count). The van der Waals surface area contributed by atoms with Gasteiger partial charge in [-0.25, -0.2) is 4.39 Å². The summed E-state index contributed by atoms with van der Waals surface area (Å²) in [6, 6.07) is 3.28. The average molecular weight is 318 g/mol. The highest BCUT2D eigenvalue weighted by atomic mass is 79.9. The molecule has 0 atom stereocenters. The topological polar surface area (TPSA) is 21.3 Å². The van der Waals surface area contributed by atoms with Crippen LogP contribution in [0.3, 0.4) is 0 Å². The molecule has 0 radical (unpaired) electrons. The van der Waals surface area contributed by atoms with E-state index in [4.69, 9.17) is 4.74 Å². The van der Waals surface area contributed by atoms with Crippen LogP contribution in [0.15, 0.2) is 16.6 Å². The van der Waals surface area contributed by atoms with Crippen LogP contribution in [0.4, 0.5) is 10.1 Å². The van der Waals surface area contributed by atoms with E-state index in [1.807, 2.05) is 6.92 Å². The zero-order valence-corrected chi connectivity index (χ0v) is 12.8. The Morgan fingerprint density at radius 2 is 2.06 bits per heavy atom. The number of ether oxygens (including phenoxy) is 1. The van der Waals surface area contributed by atoms with Gasteiger partial charge in [0.05, 0.1) is 11.1 Å². The van der Waals surface area contributed by atoms with Gasteiger partial charge in [0.2, 0.25) is 0 Å². The van der Waals surface area contributed by atoms with Crippen molar-refractivity contribution < 1.29 is 9.13 Å². The van der Waals surface area contributed by atoms with Gasteiger partial charge in [-0.2, -0.15) is 0 Å². The molecule has 0 heterocycles. The maximum Gasteiger partial charge on any atom is 0.139 e. The van der Waals surface area contributed by atoms with Gasteiger partial charge in [0, 0.05) is 18.8 Å². The largest absolute Gasteiger partial charge is 0.382 e. The molecule has 0 saturated carbocycles. The molecule has 0 amide bonds. The number of halogens is 2. The minimum Gasteiger partial charge on any atom is -0.382 e. The minimum absolute atomic E-state index is 0.246. The average Bonchev–Trinajstić information content (AvgIpc) is 2.29. The molecule has 0 fully saturated rings. The number of rotatable bonds is 7. The van der Waals surface area contributed by atoms with Crippen molar-refractivity contribution >= 4 is 21.6 Å². The highest BCUT2D eigenvalue weighted by Gasteiger charge is 2.04. The molecule has 0 aliphatic carbocycles. The van der Waals surface area contributed by atoms with E-state index < -0.39 is 0 Å². The smallest absolute Gasteiger partial charge is 0.139 e. The van der Waals surface area contributed by atoms with Crippen molar-refractivity contribution in [1.82, 2.24) is 0 Å². The van der Waals surface area contributed by atoms with Crippen LogP contribution in [0.25, 0.3) is 0 Å². The lowest BCUT2D eigenvalue weighted by atomic mass is 10.1. The molecule has 1 N–H and O–H groups in total. The Bertz CT molecular complexity index is 382. The summed E-state index contributed by atoms with van der Waals surface area (Å²) in [5.41, 5.74) is 1.84. The zero-order valence-electron chi connectivity index (χ0n) is 11.2. The van der Waals surface area contributed by atoms with Crippen molar-refractivity contribution in [2.75, 3.05) is 25.1 Å². The molecule has 0 aromatic heterocycles. The lowest BCUT2D eigenvalue weighted by Gasteiger charge is -2.11. The van der Waals surface area contributed by atoms with E-state index in [1.54, 1.807) is 6.07 Å². The van der Waals surface area contributed by atoms with Gasteiger partial charge in [0.25, 0.3) is 0 Å². The third-order valence-electron chi connectivity index (χ3n) is 2.67. The number of benzene rings is 1. The molecule has 4 heteroatoms. The van der Waals surface area contributed by atoms with Gasteiger partial charge >= 0.3 is 0 Å². The predicted octanol–water partition coefficient (Wildman–Crippen LogP) is 4.37. The van der Waals surface area contributed by atoms with E-state index in [1.165, 1.54) is 6.07 Å². The van der Waals surface area contributed by atoms with E-state index in [-0.39, 0.29) is 5.82 Å². The normalized spacial score (nSPS) is 11.0. The van der Waals surface area contributed by atoms with E-state index >= 15 is 0 Å². The Kier molecular flexibility index (Phi) is 6.65. The molecule has 1 aromatic carbocycles. The quantitative estimate of drug-likeness (QED) is 0.754. The van der Waals surface area contributed by atoms with Crippen LogP contribution in [-0.2, 0) is 4.74 Å². The first-order chi connectivity index (χ1) is 8.50. The van der Waals surface area contributed by atoms with E-state index in [0.29, 0.717) is 23.5 Å². The molecule has 0 aliphatic rings. The zero-order chi connectivity index (χ0) is 13.5. The lowest BCUT2D eigenvalue weighted by molar-refractivity contribution is 0.132. The van der Waals surface area contributed by atoms with Crippen molar-refractivity contribution in [3.05, 3.63) is 28.0 Å². The first-order valence-corrected chi connectivity index (χ1v) is 7.07. The molecule has 0 unspecified atom stereocenters. The van der Waals surface area contributed by atoms with Gasteiger partial charge < -0.3 is 10.1 Å².